The molecule has 1 heterocycles. The van der Waals surface area contributed by atoms with Gasteiger partial charge in [0, 0.05) is 19.3 Å². The van der Waals surface area contributed by atoms with Crippen LogP contribution in [0.4, 0.5) is 0 Å². The minimum atomic E-state index is 0.656. The minimum Gasteiger partial charge on any atom is -0.314 e. The average Bonchev–Trinajstić information content (AvgIpc) is 2.60. The Bertz CT molecular complexity index is 268. The highest BCUT2D eigenvalue weighted by molar-refractivity contribution is 5.03. The summed E-state index contributed by atoms with van der Waals surface area (Å²) in [4.78, 5) is 0. The minimum absolute atomic E-state index is 0.656. The summed E-state index contributed by atoms with van der Waals surface area (Å²) in [5, 5.41) is 7.69. The Morgan fingerprint density at radius 3 is 2.93 bits per heavy atom. The lowest BCUT2D eigenvalue weighted by atomic mass is 10.1. The second-order valence-corrected chi connectivity index (χ2v) is 4.27. The van der Waals surface area contributed by atoms with Crippen LogP contribution in [0.2, 0.25) is 0 Å². The van der Waals surface area contributed by atoms with Crippen molar-refractivity contribution >= 4 is 0 Å². The summed E-state index contributed by atoms with van der Waals surface area (Å²) in [6, 6.07) is 0.656. The molecule has 1 unspecified atom stereocenters. The van der Waals surface area contributed by atoms with Gasteiger partial charge in [-0.15, -0.1) is 0 Å². The zero-order valence-corrected chi connectivity index (χ0v) is 10.2. The standard InChI is InChI=1S/C12H23N3/c1-4-6-11(2)13-8-5-7-12-9-14-15(3)10-12/h9-11,13H,4-8H2,1-3H3. The van der Waals surface area contributed by atoms with Crippen LogP contribution in [0.15, 0.2) is 12.4 Å². The van der Waals surface area contributed by atoms with Gasteiger partial charge in [0.15, 0.2) is 0 Å². The second kappa shape index (κ2) is 6.62. The van der Waals surface area contributed by atoms with Crippen LogP contribution in [0.1, 0.15) is 38.7 Å². The lowest BCUT2D eigenvalue weighted by molar-refractivity contribution is 0.501. The topological polar surface area (TPSA) is 29.9 Å². The highest BCUT2D eigenvalue weighted by Gasteiger charge is 1.99. The molecular weight excluding hydrogens is 186 g/mol. The van der Waals surface area contributed by atoms with E-state index < -0.39 is 0 Å². The van der Waals surface area contributed by atoms with Crippen molar-refractivity contribution in [3.63, 3.8) is 0 Å². The Kier molecular flexibility index (Phi) is 5.40. The summed E-state index contributed by atoms with van der Waals surface area (Å²) in [7, 11) is 1.96. The van der Waals surface area contributed by atoms with Crippen molar-refractivity contribution in [2.45, 2.75) is 45.6 Å². The Hall–Kier alpha value is -0.830. The summed E-state index contributed by atoms with van der Waals surface area (Å²) in [5.41, 5.74) is 1.34. The van der Waals surface area contributed by atoms with Crippen molar-refractivity contribution in [2.24, 2.45) is 7.05 Å². The number of aryl methyl sites for hydroxylation is 2. The van der Waals surface area contributed by atoms with E-state index in [0.29, 0.717) is 6.04 Å². The lowest BCUT2D eigenvalue weighted by Crippen LogP contribution is -2.26. The quantitative estimate of drug-likeness (QED) is 0.697. The van der Waals surface area contributed by atoms with E-state index >= 15 is 0 Å². The maximum Gasteiger partial charge on any atom is 0.0521 e. The van der Waals surface area contributed by atoms with Gasteiger partial charge in [-0.2, -0.15) is 5.10 Å². The molecule has 1 aromatic rings. The molecule has 1 atom stereocenters. The summed E-state index contributed by atoms with van der Waals surface area (Å²) < 4.78 is 1.86. The molecule has 0 aliphatic rings. The van der Waals surface area contributed by atoms with Gasteiger partial charge in [0.25, 0.3) is 0 Å². The maximum absolute atomic E-state index is 4.16. The molecule has 0 fully saturated rings. The molecule has 15 heavy (non-hydrogen) atoms. The van der Waals surface area contributed by atoms with E-state index in [9.17, 15) is 0 Å². The van der Waals surface area contributed by atoms with Crippen LogP contribution in [0.5, 0.6) is 0 Å². The molecule has 86 valence electrons. The number of aromatic nitrogens is 2. The third kappa shape index (κ3) is 4.98. The van der Waals surface area contributed by atoms with Crippen molar-refractivity contribution in [1.82, 2.24) is 15.1 Å². The van der Waals surface area contributed by atoms with Crippen molar-refractivity contribution in [1.29, 1.82) is 0 Å². The number of nitrogens with one attached hydrogen (secondary N) is 1. The first kappa shape index (κ1) is 12.2. The summed E-state index contributed by atoms with van der Waals surface area (Å²) in [6.45, 7) is 5.59. The molecule has 0 aliphatic heterocycles. The first-order valence-electron chi connectivity index (χ1n) is 5.93. The van der Waals surface area contributed by atoms with Crippen LogP contribution in [0, 0.1) is 0 Å². The normalized spacial score (nSPS) is 13.0. The summed E-state index contributed by atoms with van der Waals surface area (Å²) in [5.74, 6) is 0. The smallest absolute Gasteiger partial charge is 0.0521 e. The molecule has 0 radical (unpaired) electrons. The molecule has 1 rings (SSSR count). The zero-order chi connectivity index (χ0) is 11.1. The van der Waals surface area contributed by atoms with E-state index in [2.05, 4.69) is 30.5 Å². The Morgan fingerprint density at radius 2 is 2.33 bits per heavy atom. The number of nitrogens with zero attached hydrogens (tertiary/aromatic N) is 2. The van der Waals surface area contributed by atoms with Crippen LogP contribution in [-0.4, -0.2) is 22.4 Å². The first-order valence-corrected chi connectivity index (χ1v) is 5.93. The Labute approximate surface area is 92.9 Å². The summed E-state index contributed by atoms with van der Waals surface area (Å²) >= 11 is 0. The Balaban J connectivity index is 2.06. The molecule has 0 aliphatic carbocycles. The van der Waals surface area contributed by atoms with E-state index in [1.54, 1.807) is 0 Å². The molecule has 1 aromatic heterocycles. The monoisotopic (exact) mass is 209 g/mol. The van der Waals surface area contributed by atoms with Gasteiger partial charge in [0.1, 0.15) is 0 Å². The van der Waals surface area contributed by atoms with Gasteiger partial charge >= 0.3 is 0 Å². The van der Waals surface area contributed by atoms with Gasteiger partial charge in [0.05, 0.1) is 6.20 Å². The third-order valence-electron chi connectivity index (χ3n) is 2.62. The third-order valence-corrected chi connectivity index (χ3v) is 2.62. The first-order chi connectivity index (χ1) is 7.22. The molecular formula is C12H23N3. The SMILES string of the molecule is CCCC(C)NCCCc1cnn(C)c1. The van der Waals surface area contributed by atoms with Gasteiger partial charge < -0.3 is 5.32 Å². The number of rotatable bonds is 7. The second-order valence-electron chi connectivity index (χ2n) is 4.27. The predicted octanol–water partition coefficient (Wildman–Crippen LogP) is 2.13. The molecule has 0 aromatic carbocycles. The van der Waals surface area contributed by atoms with E-state index in [1.807, 2.05) is 17.9 Å². The predicted molar refractivity (Wildman–Crippen MR) is 63.9 cm³/mol. The van der Waals surface area contributed by atoms with Crippen LogP contribution in [0.3, 0.4) is 0 Å². The van der Waals surface area contributed by atoms with Gasteiger partial charge in [-0.05, 0) is 38.3 Å². The maximum atomic E-state index is 4.16. The molecule has 0 spiro atoms. The fourth-order valence-electron chi connectivity index (χ4n) is 1.78. The van der Waals surface area contributed by atoms with Crippen LogP contribution < -0.4 is 5.32 Å². The Morgan fingerprint density at radius 1 is 1.53 bits per heavy atom. The molecule has 3 heteroatoms. The molecule has 0 saturated carbocycles. The fraction of sp³-hybridized carbons (Fsp3) is 0.750. The molecule has 3 nitrogen and oxygen atoms in total. The summed E-state index contributed by atoms with van der Waals surface area (Å²) in [6.07, 6.45) is 8.90. The number of hydrogen-bond donors (Lipinski definition) is 1. The van der Waals surface area contributed by atoms with Crippen molar-refractivity contribution in [2.75, 3.05) is 6.54 Å². The molecule has 0 amide bonds. The van der Waals surface area contributed by atoms with Gasteiger partial charge in [-0.3, -0.25) is 4.68 Å². The van der Waals surface area contributed by atoms with E-state index in [4.69, 9.17) is 0 Å². The average molecular weight is 209 g/mol. The van der Waals surface area contributed by atoms with Crippen molar-refractivity contribution in [3.8, 4) is 0 Å². The molecule has 0 bridgehead atoms. The van der Waals surface area contributed by atoms with Crippen LogP contribution >= 0.6 is 0 Å². The van der Waals surface area contributed by atoms with Gasteiger partial charge in [0.2, 0.25) is 0 Å². The fourth-order valence-corrected chi connectivity index (χ4v) is 1.78. The van der Waals surface area contributed by atoms with Gasteiger partial charge in [-0.1, -0.05) is 13.3 Å². The van der Waals surface area contributed by atoms with Crippen molar-refractivity contribution < 1.29 is 0 Å². The number of hydrogen-bond acceptors (Lipinski definition) is 2. The molecule has 0 saturated heterocycles. The van der Waals surface area contributed by atoms with Gasteiger partial charge in [-0.25, -0.2) is 0 Å². The van der Waals surface area contributed by atoms with E-state index in [1.165, 1.54) is 24.8 Å². The van der Waals surface area contributed by atoms with Crippen molar-refractivity contribution in [3.05, 3.63) is 18.0 Å². The molecule has 1 N–H and O–H groups in total. The lowest BCUT2D eigenvalue weighted by Gasteiger charge is -2.11. The van der Waals surface area contributed by atoms with Crippen LogP contribution in [0.25, 0.3) is 0 Å². The van der Waals surface area contributed by atoms with E-state index in [-0.39, 0.29) is 0 Å². The van der Waals surface area contributed by atoms with Crippen LogP contribution in [-0.2, 0) is 13.5 Å². The largest absolute Gasteiger partial charge is 0.314 e. The zero-order valence-electron chi connectivity index (χ0n) is 10.2. The van der Waals surface area contributed by atoms with E-state index in [0.717, 1.165) is 13.0 Å². The highest BCUT2D eigenvalue weighted by Crippen LogP contribution is 2.01. The highest BCUT2D eigenvalue weighted by atomic mass is 15.2.